The molecule has 15 heavy (non-hydrogen) atoms. The van der Waals surface area contributed by atoms with Crippen molar-refractivity contribution in [3.05, 3.63) is 44.5 Å². The Morgan fingerprint density at radius 1 is 1.47 bits per heavy atom. The third-order valence-corrected chi connectivity index (χ3v) is 2.93. The number of benzene rings is 1. The summed E-state index contributed by atoms with van der Waals surface area (Å²) in [7, 11) is 0. The largest absolute Gasteiger partial charge is 0.384 e. The topological polar surface area (TPSA) is 37.3 Å². The van der Waals surface area contributed by atoms with E-state index in [0.29, 0.717) is 16.2 Å². The number of aliphatic hydroxyl groups is 1. The number of carbonyl (C=O) groups excluding carboxylic acids is 1. The average molecular weight is 337 g/mol. The number of hydrogen-bond acceptors (Lipinski definition) is 2. The Bertz CT molecular complexity index is 384. The first-order valence-corrected chi connectivity index (χ1v) is 5.93. The highest BCUT2D eigenvalue weighted by molar-refractivity contribution is 14.1. The van der Waals surface area contributed by atoms with Crippen molar-refractivity contribution in [1.82, 2.24) is 0 Å². The Morgan fingerprint density at radius 3 is 2.40 bits per heavy atom. The fourth-order valence-electron chi connectivity index (χ4n) is 1.15. The van der Waals surface area contributed by atoms with E-state index in [0.717, 1.165) is 0 Å². The van der Waals surface area contributed by atoms with Crippen molar-refractivity contribution in [2.45, 2.75) is 13.0 Å². The number of hydrogen-bond donors (Lipinski definition) is 1. The molecule has 0 aromatic heterocycles. The molecule has 1 unspecified atom stereocenters. The molecule has 0 spiro atoms. The van der Waals surface area contributed by atoms with Crippen molar-refractivity contribution in [2.75, 3.05) is 0 Å². The Hall–Kier alpha value is -0.390. The van der Waals surface area contributed by atoms with E-state index in [1.54, 1.807) is 28.3 Å². The predicted molar refractivity (Wildman–Crippen MR) is 69.2 cm³/mol. The molecule has 1 atom stereocenters. The summed E-state index contributed by atoms with van der Waals surface area (Å²) in [5.74, 6) is -0.133. The van der Waals surface area contributed by atoms with Crippen LogP contribution in [0.25, 0.3) is 0 Å². The number of Topliss-reactive ketones (excluding diaryl/α,β-unsaturated/α-hetero) is 1. The fourth-order valence-corrected chi connectivity index (χ4v) is 2.06. The minimum Gasteiger partial charge on any atom is -0.384 e. The second kappa shape index (κ2) is 5.63. The lowest BCUT2D eigenvalue weighted by Crippen LogP contribution is -2.07. The fraction of sp³-hybridized carbons (Fsp3) is 0.182. The van der Waals surface area contributed by atoms with E-state index in [2.05, 4.69) is 0 Å². The molecule has 2 nitrogen and oxygen atoms in total. The van der Waals surface area contributed by atoms with Crippen LogP contribution in [-0.4, -0.2) is 10.9 Å². The van der Waals surface area contributed by atoms with Crippen molar-refractivity contribution in [2.24, 2.45) is 0 Å². The Balaban J connectivity index is 2.98. The molecular formula is C11H10ClIO2. The maximum Gasteiger partial charge on any atom is 0.159 e. The van der Waals surface area contributed by atoms with Gasteiger partial charge >= 0.3 is 0 Å². The van der Waals surface area contributed by atoms with Crippen LogP contribution in [0.3, 0.4) is 0 Å². The summed E-state index contributed by atoms with van der Waals surface area (Å²) >= 11 is 7.67. The Kier molecular flexibility index (Phi) is 4.76. The number of ketones is 1. The minimum atomic E-state index is -0.878. The summed E-state index contributed by atoms with van der Waals surface area (Å²) in [4.78, 5) is 11.2. The molecule has 4 heteroatoms. The highest BCUT2D eigenvalue weighted by atomic mass is 127. The van der Waals surface area contributed by atoms with Gasteiger partial charge in [0.15, 0.2) is 5.78 Å². The van der Waals surface area contributed by atoms with Gasteiger partial charge in [0.05, 0.1) is 0 Å². The summed E-state index contributed by atoms with van der Waals surface area (Å²) in [5, 5.41) is 10.5. The molecule has 0 bridgehead atoms. The molecule has 1 aromatic rings. The first-order chi connectivity index (χ1) is 7.06. The van der Waals surface area contributed by atoms with Crippen LogP contribution in [0.1, 0.15) is 18.6 Å². The molecule has 0 heterocycles. The molecule has 0 saturated heterocycles. The number of rotatable bonds is 3. The van der Waals surface area contributed by atoms with E-state index in [4.69, 9.17) is 11.6 Å². The lowest BCUT2D eigenvalue weighted by Gasteiger charge is -2.12. The van der Waals surface area contributed by atoms with Crippen LogP contribution in [0.4, 0.5) is 0 Å². The van der Waals surface area contributed by atoms with Gasteiger partial charge in [0.25, 0.3) is 0 Å². The minimum absolute atomic E-state index is 0.133. The van der Waals surface area contributed by atoms with Gasteiger partial charge in [0.2, 0.25) is 0 Å². The molecule has 1 aromatic carbocycles. The zero-order valence-corrected chi connectivity index (χ0v) is 11.0. The molecule has 1 N–H and O–H groups in total. The molecule has 0 fully saturated rings. The molecule has 0 aliphatic carbocycles. The molecule has 0 radical (unpaired) electrons. The predicted octanol–water partition coefficient (Wildman–Crippen LogP) is 3.28. The SMILES string of the molecule is CC(=O)/C(=C\I)C(O)c1ccc(Cl)cc1. The van der Waals surface area contributed by atoms with Crippen LogP contribution in [0.5, 0.6) is 0 Å². The zero-order chi connectivity index (χ0) is 11.4. The van der Waals surface area contributed by atoms with E-state index in [-0.39, 0.29) is 5.78 Å². The quantitative estimate of drug-likeness (QED) is 0.679. The highest BCUT2D eigenvalue weighted by Crippen LogP contribution is 2.24. The Labute approximate surface area is 107 Å². The van der Waals surface area contributed by atoms with E-state index in [1.165, 1.54) is 6.92 Å². The van der Waals surface area contributed by atoms with Gasteiger partial charge in [-0.2, -0.15) is 0 Å². The summed E-state index contributed by atoms with van der Waals surface area (Å²) in [6.45, 7) is 1.43. The van der Waals surface area contributed by atoms with Crippen LogP contribution in [-0.2, 0) is 4.79 Å². The van der Waals surface area contributed by atoms with Gasteiger partial charge in [0.1, 0.15) is 6.10 Å². The van der Waals surface area contributed by atoms with Crippen molar-refractivity contribution in [1.29, 1.82) is 0 Å². The van der Waals surface area contributed by atoms with E-state index in [1.807, 2.05) is 22.6 Å². The summed E-state index contributed by atoms with van der Waals surface area (Å²) in [6.07, 6.45) is -0.878. The van der Waals surface area contributed by atoms with Crippen LogP contribution < -0.4 is 0 Å². The lowest BCUT2D eigenvalue weighted by molar-refractivity contribution is -0.114. The Morgan fingerprint density at radius 2 is 2.00 bits per heavy atom. The molecule has 80 valence electrons. The van der Waals surface area contributed by atoms with Gasteiger partial charge in [-0.1, -0.05) is 46.3 Å². The molecular weight excluding hydrogens is 326 g/mol. The summed E-state index contributed by atoms with van der Waals surface area (Å²) in [5.41, 5.74) is 1.05. The third kappa shape index (κ3) is 3.29. The van der Waals surface area contributed by atoms with Gasteiger partial charge in [0, 0.05) is 10.6 Å². The standard InChI is InChI=1S/C11H10ClIO2/c1-7(14)10(6-13)11(15)8-2-4-9(12)5-3-8/h2-6,11,15H,1H3/b10-6+. The first-order valence-electron chi connectivity index (χ1n) is 4.31. The molecule has 0 amide bonds. The van der Waals surface area contributed by atoms with Crippen LogP contribution in [0, 0.1) is 0 Å². The lowest BCUT2D eigenvalue weighted by atomic mass is 10.0. The van der Waals surface area contributed by atoms with Crippen LogP contribution in [0.15, 0.2) is 33.9 Å². The van der Waals surface area contributed by atoms with Crippen molar-refractivity contribution < 1.29 is 9.90 Å². The maximum atomic E-state index is 11.2. The molecule has 0 saturated carbocycles. The number of carbonyl (C=O) groups is 1. The number of aliphatic hydroxyl groups excluding tert-OH is 1. The number of halogens is 2. The molecule has 0 aliphatic rings. The average Bonchev–Trinajstić information content (AvgIpc) is 2.19. The van der Waals surface area contributed by atoms with Gasteiger partial charge in [-0.15, -0.1) is 0 Å². The normalized spacial score (nSPS) is 13.7. The van der Waals surface area contributed by atoms with E-state index >= 15 is 0 Å². The second-order valence-corrected chi connectivity index (χ2v) is 4.13. The van der Waals surface area contributed by atoms with E-state index in [9.17, 15) is 9.90 Å². The third-order valence-electron chi connectivity index (χ3n) is 2.00. The maximum absolute atomic E-state index is 11.2. The van der Waals surface area contributed by atoms with Gasteiger partial charge in [-0.05, 0) is 28.7 Å². The van der Waals surface area contributed by atoms with Crippen molar-refractivity contribution >= 4 is 40.0 Å². The summed E-state index contributed by atoms with van der Waals surface area (Å²) in [6, 6.07) is 6.78. The van der Waals surface area contributed by atoms with E-state index < -0.39 is 6.10 Å². The van der Waals surface area contributed by atoms with Crippen LogP contribution >= 0.6 is 34.2 Å². The van der Waals surface area contributed by atoms with Crippen molar-refractivity contribution in [3.8, 4) is 0 Å². The molecule has 1 rings (SSSR count). The second-order valence-electron chi connectivity index (χ2n) is 3.07. The highest BCUT2D eigenvalue weighted by Gasteiger charge is 2.16. The van der Waals surface area contributed by atoms with Crippen LogP contribution in [0.2, 0.25) is 5.02 Å². The van der Waals surface area contributed by atoms with Gasteiger partial charge in [-0.3, -0.25) is 4.79 Å². The van der Waals surface area contributed by atoms with Gasteiger partial charge < -0.3 is 5.11 Å². The zero-order valence-electron chi connectivity index (χ0n) is 8.08. The van der Waals surface area contributed by atoms with Crippen molar-refractivity contribution in [3.63, 3.8) is 0 Å². The monoisotopic (exact) mass is 336 g/mol. The smallest absolute Gasteiger partial charge is 0.159 e. The first kappa shape index (κ1) is 12.7. The molecule has 0 aliphatic heterocycles. The van der Waals surface area contributed by atoms with Gasteiger partial charge in [-0.25, -0.2) is 0 Å². The summed E-state index contributed by atoms with van der Waals surface area (Å²) < 4.78 is 1.60.